The van der Waals surface area contributed by atoms with Crippen molar-refractivity contribution < 1.29 is 4.79 Å². The first kappa shape index (κ1) is 16.4. The van der Waals surface area contributed by atoms with E-state index in [9.17, 15) is 4.79 Å². The minimum Gasteiger partial charge on any atom is -0.339 e. The van der Waals surface area contributed by atoms with Crippen molar-refractivity contribution in [3.8, 4) is 0 Å². The zero-order chi connectivity index (χ0) is 14.3. The van der Waals surface area contributed by atoms with Crippen LogP contribution in [0.3, 0.4) is 0 Å². The lowest BCUT2D eigenvalue weighted by atomic mass is 10.1. The van der Waals surface area contributed by atoms with E-state index in [4.69, 9.17) is 5.73 Å². The lowest BCUT2D eigenvalue weighted by molar-refractivity contribution is -0.134. The molecule has 112 valence electrons. The predicted molar refractivity (Wildman–Crippen MR) is 79.1 cm³/mol. The molecule has 1 rings (SSSR count). The molecule has 0 unspecified atom stereocenters. The largest absolute Gasteiger partial charge is 0.339 e. The molecule has 5 heteroatoms. The van der Waals surface area contributed by atoms with Crippen molar-refractivity contribution in [1.82, 2.24) is 14.7 Å². The average Bonchev–Trinajstić information content (AvgIpc) is 2.41. The molecule has 1 aliphatic heterocycles. The summed E-state index contributed by atoms with van der Waals surface area (Å²) in [5.41, 5.74) is 5.68. The summed E-state index contributed by atoms with van der Waals surface area (Å²) >= 11 is 0. The maximum atomic E-state index is 12.4. The Hall–Kier alpha value is -0.650. The first-order valence-corrected chi connectivity index (χ1v) is 7.52. The van der Waals surface area contributed by atoms with Crippen LogP contribution in [0.4, 0.5) is 0 Å². The number of nitrogens with zero attached hydrogens (tertiary/aromatic N) is 3. The van der Waals surface area contributed by atoms with Crippen LogP contribution in [0.2, 0.25) is 0 Å². The van der Waals surface area contributed by atoms with Crippen molar-refractivity contribution in [2.24, 2.45) is 5.73 Å². The lowest BCUT2D eigenvalue weighted by Crippen LogP contribution is -2.51. The highest BCUT2D eigenvalue weighted by molar-refractivity contribution is 5.78. The Balaban J connectivity index is 2.50. The second kappa shape index (κ2) is 8.51. The van der Waals surface area contributed by atoms with Gasteiger partial charge in [-0.2, -0.15) is 0 Å². The van der Waals surface area contributed by atoms with Crippen LogP contribution in [0.1, 0.15) is 26.7 Å². The molecule has 0 radical (unpaired) electrons. The Morgan fingerprint density at radius 1 is 1.21 bits per heavy atom. The molecule has 2 N–H and O–H groups in total. The molecule has 0 aliphatic carbocycles. The molecule has 0 aromatic rings. The van der Waals surface area contributed by atoms with Gasteiger partial charge >= 0.3 is 0 Å². The Bertz CT molecular complexity index is 260. The third-order valence-corrected chi connectivity index (χ3v) is 4.07. The number of nitrogens with two attached hydrogens (primary N) is 1. The minimum absolute atomic E-state index is 0.258. The molecule has 0 spiro atoms. The number of piperazine rings is 1. The zero-order valence-electron chi connectivity index (χ0n) is 12.8. The van der Waals surface area contributed by atoms with E-state index in [1.54, 1.807) is 0 Å². The number of carbonyl (C=O) groups is 1. The topological polar surface area (TPSA) is 52.8 Å². The fourth-order valence-corrected chi connectivity index (χ4v) is 2.69. The van der Waals surface area contributed by atoms with Gasteiger partial charge in [0.05, 0.1) is 6.54 Å². The van der Waals surface area contributed by atoms with E-state index in [1.807, 2.05) is 4.90 Å². The quantitative estimate of drug-likeness (QED) is 0.718. The molecule has 1 fully saturated rings. The van der Waals surface area contributed by atoms with Crippen LogP contribution in [-0.4, -0.2) is 79.5 Å². The van der Waals surface area contributed by atoms with Crippen molar-refractivity contribution in [1.29, 1.82) is 0 Å². The number of amides is 1. The van der Waals surface area contributed by atoms with Gasteiger partial charge in [0.25, 0.3) is 0 Å². The first-order valence-electron chi connectivity index (χ1n) is 7.52. The second-order valence-corrected chi connectivity index (χ2v) is 5.41. The Morgan fingerprint density at radius 3 is 2.26 bits per heavy atom. The smallest absolute Gasteiger partial charge is 0.236 e. The summed E-state index contributed by atoms with van der Waals surface area (Å²) in [5, 5.41) is 0. The summed E-state index contributed by atoms with van der Waals surface area (Å²) in [6.07, 6.45) is 2.15. The molecule has 1 heterocycles. The summed E-state index contributed by atoms with van der Waals surface area (Å²) in [6.45, 7) is 9.98. The molecule has 5 nitrogen and oxygen atoms in total. The van der Waals surface area contributed by atoms with Gasteiger partial charge in [-0.1, -0.05) is 13.8 Å². The monoisotopic (exact) mass is 270 g/mol. The first-order chi connectivity index (χ1) is 9.12. The van der Waals surface area contributed by atoms with Crippen LogP contribution >= 0.6 is 0 Å². The molecule has 19 heavy (non-hydrogen) atoms. The predicted octanol–water partition coefficient (Wildman–Crippen LogP) is 0.210. The van der Waals surface area contributed by atoms with Crippen LogP contribution in [0.25, 0.3) is 0 Å². The molecular weight excluding hydrogens is 240 g/mol. The van der Waals surface area contributed by atoms with Crippen LogP contribution in [-0.2, 0) is 4.79 Å². The molecular formula is C14H30N4O. The van der Waals surface area contributed by atoms with Crippen molar-refractivity contribution in [2.45, 2.75) is 32.7 Å². The average molecular weight is 270 g/mol. The molecule has 1 amide bonds. The highest BCUT2D eigenvalue weighted by atomic mass is 16.2. The van der Waals surface area contributed by atoms with E-state index < -0.39 is 0 Å². The van der Waals surface area contributed by atoms with E-state index in [-0.39, 0.29) is 5.91 Å². The van der Waals surface area contributed by atoms with Crippen LogP contribution in [0, 0.1) is 0 Å². The molecule has 0 atom stereocenters. The van der Waals surface area contributed by atoms with Gasteiger partial charge in [-0.3, -0.25) is 9.69 Å². The third-order valence-electron chi connectivity index (χ3n) is 4.07. The van der Waals surface area contributed by atoms with E-state index in [2.05, 4.69) is 30.7 Å². The van der Waals surface area contributed by atoms with Crippen LogP contribution < -0.4 is 5.73 Å². The van der Waals surface area contributed by atoms with Crippen molar-refractivity contribution in [3.63, 3.8) is 0 Å². The molecule has 1 aliphatic rings. The summed E-state index contributed by atoms with van der Waals surface area (Å²) < 4.78 is 0. The van der Waals surface area contributed by atoms with Crippen LogP contribution in [0.5, 0.6) is 0 Å². The summed E-state index contributed by atoms with van der Waals surface area (Å²) in [5.74, 6) is 0.258. The van der Waals surface area contributed by atoms with Gasteiger partial charge in [-0.05, 0) is 19.9 Å². The van der Waals surface area contributed by atoms with Crippen molar-refractivity contribution in [3.05, 3.63) is 0 Å². The number of hydrogen-bond acceptors (Lipinski definition) is 4. The maximum Gasteiger partial charge on any atom is 0.236 e. The number of rotatable bonds is 7. The standard InChI is InChI=1S/C14H30N4O/c1-4-13(5-2)18(7-6-15)12-14(19)17-10-8-16(3)9-11-17/h13H,4-12,15H2,1-3H3. The van der Waals surface area contributed by atoms with E-state index >= 15 is 0 Å². The highest BCUT2D eigenvalue weighted by Crippen LogP contribution is 2.09. The normalized spacial score (nSPS) is 17.5. The second-order valence-electron chi connectivity index (χ2n) is 5.41. The molecule has 0 aromatic carbocycles. The summed E-state index contributed by atoms with van der Waals surface area (Å²) in [7, 11) is 2.10. The zero-order valence-corrected chi connectivity index (χ0v) is 12.8. The summed E-state index contributed by atoms with van der Waals surface area (Å²) in [6, 6.07) is 0.472. The molecule has 0 bridgehead atoms. The maximum absolute atomic E-state index is 12.4. The van der Waals surface area contributed by atoms with E-state index in [0.717, 1.165) is 45.6 Å². The number of hydrogen-bond donors (Lipinski definition) is 1. The van der Waals surface area contributed by atoms with E-state index in [1.165, 1.54) is 0 Å². The van der Waals surface area contributed by atoms with Gasteiger partial charge in [0.2, 0.25) is 5.91 Å². The van der Waals surface area contributed by atoms with Gasteiger partial charge < -0.3 is 15.5 Å². The minimum atomic E-state index is 0.258. The Kier molecular flexibility index (Phi) is 7.34. The van der Waals surface area contributed by atoms with Crippen molar-refractivity contribution >= 4 is 5.91 Å². The summed E-state index contributed by atoms with van der Waals surface area (Å²) in [4.78, 5) is 18.9. The fourth-order valence-electron chi connectivity index (χ4n) is 2.69. The van der Waals surface area contributed by atoms with Gasteiger partial charge in [-0.25, -0.2) is 0 Å². The highest BCUT2D eigenvalue weighted by Gasteiger charge is 2.23. The fraction of sp³-hybridized carbons (Fsp3) is 0.929. The van der Waals surface area contributed by atoms with Crippen molar-refractivity contribution in [2.75, 3.05) is 52.9 Å². The van der Waals surface area contributed by atoms with Crippen LogP contribution in [0.15, 0.2) is 0 Å². The molecule has 0 saturated carbocycles. The molecule has 0 aromatic heterocycles. The van der Waals surface area contributed by atoms with Gasteiger partial charge in [0.15, 0.2) is 0 Å². The SMILES string of the molecule is CCC(CC)N(CCN)CC(=O)N1CCN(C)CC1. The van der Waals surface area contributed by atoms with Gasteiger partial charge in [-0.15, -0.1) is 0 Å². The van der Waals surface area contributed by atoms with Gasteiger partial charge in [0.1, 0.15) is 0 Å². The Labute approximate surface area is 117 Å². The number of carbonyl (C=O) groups excluding carboxylic acids is 1. The third kappa shape index (κ3) is 5.09. The van der Waals surface area contributed by atoms with E-state index in [0.29, 0.717) is 19.1 Å². The lowest BCUT2D eigenvalue weighted by Gasteiger charge is -2.35. The molecule has 1 saturated heterocycles. The Morgan fingerprint density at radius 2 is 1.79 bits per heavy atom. The van der Waals surface area contributed by atoms with Gasteiger partial charge in [0, 0.05) is 45.3 Å². The number of likely N-dealkylation sites (N-methyl/N-ethyl adjacent to an activating group) is 1.